The van der Waals surface area contributed by atoms with Crippen LogP contribution in [0.3, 0.4) is 0 Å². The minimum Gasteiger partial charge on any atom is -0.459 e. The van der Waals surface area contributed by atoms with Crippen LogP contribution in [0.1, 0.15) is 41.6 Å². The molecule has 0 saturated carbocycles. The van der Waals surface area contributed by atoms with Gasteiger partial charge in [0.25, 0.3) is 23.6 Å². The molecule has 28 heavy (non-hydrogen) atoms. The van der Waals surface area contributed by atoms with Gasteiger partial charge >= 0.3 is 0 Å². The highest BCUT2D eigenvalue weighted by molar-refractivity contribution is 6.22. The summed E-state index contributed by atoms with van der Waals surface area (Å²) in [4.78, 5) is 47.9. The molecule has 1 aliphatic heterocycles. The van der Waals surface area contributed by atoms with E-state index in [0.29, 0.717) is 16.9 Å². The summed E-state index contributed by atoms with van der Waals surface area (Å²) in [6.07, 6.45) is 1.39. The summed E-state index contributed by atoms with van der Waals surface area (Å²) in [5.74, 6) is -1.67. The minimum atomic E-state index is -0.501. The molecule has 2 heterocycles. The molecular formula is C20H13N3O5. The summed E-state index contributed by atoms with van der Waals surface area (Å²) in [6, 6.07) is 14.0. The Morgan fingerprint density at radius 2 is 1.54 bits per heavy atom. The SMILES string of the molecule is O=C(Nc1ccc2c(c1)C(=O)NC2=O)c1cccc(NC(=O)c2ccco2)c1. The predicted octanol–water partition coefficient (Wildman–Crippen LogP) is 2.67. The largest absolute Gasteiger partial charge is 0.459 e. The Hall–Kier alpha value is -4.20. The number of anilines is 2. The summed E-state index contributed by atoms with van der Waals surface area (Å²) >= 11 is 0. The molecular weight excluding hydrogens is 362 g/mol. The van der Waals surface area contributed by atoms with Crippen molar-refractivity contribution in [3.63, 3.8) is 0 Å². The number of amides is 4. The van der Waals surface area contributed by atoms with E-state index in [1.807, 2.05) is 0 Å². The van der Waals surface area contributed by atoms with Gasteiger partial charge in [-0.25, -0.2) is 0 Å². The number of hydrogen-bond acceptors (Lipinski definition) is 5. The third kappa shape index (κ3) is 3.26. The Morgan fingerprint density at radius 3 is 2.32 bits per heavy atom. The van der Waals surface area contributed by atoms with E-state index in [4.69, 9.17) is 4.42 Å². The van der Waals surface area contributed by atoms with Crippen molar-refractivity contribution in [2.45, 2.75) is 0 Å². The molecule has 8 nitrogen and oxygen atoms in total. The van der Waals surface area contributed by atoms with E-state index < -0.39 is 23.6 Å². The van der Waals surface area contributed by atoms with Crippen molar-refractivity contribution in [2.24, 2.45) is 0 Å². The number of nitrogens with one attached hydrogen (secondary N) is 3. The highest BCUT2D eigenvalue weighted by atomic mass is 16.3. The van der Waals surface area contributed by atoms with E-state index in [0.717, 1.165) is 0 Å². The smallest absolute Gasteiger partial charge is 0.291 e. The molecule has 138 valence electrons. The molecule has 0 unspecified atom stereocenters. The second-order valence-electron chi connectivity index (χ2n) is 6.01. The first-order valence-corrected chi connectivity index (χ1v) is 8.27. The minimum absolute atomic E-state index is 0.154. The van der Waals surface area contributed by atoms with Crippen LogP contribution in [-0.2, 0) is 0 Å². The fourth-order valence-corrected chi connectivity index (χ4v) is 2.79. The molecule has 0 atom stereocenters. The molecule has 0 fully saturated rings. The van der Waals surface area contributed by atoms with E-state index >= 15 is 0 Å². The number of benzene rings is 2. The quantitative estimate of drug-likeness (QED) is 0.606. The van der Waals surface area contributed by atoms with E-state index in [9.17, 15) is 19.2 Å². The molecule has 4 rings (SSSR count). The van der Waals surface area contributed by atoms with E-state index in [1.54, 1.807) is 24.3 Å². The van der Waals surface area contributed by atoms with Crippen molar-refractivity contribution < 1.29 is 23.6 Å². The van der Waals surface area contributed by atoms with Gasteiger partial charge in [-0.3, -0.25) is 24.5 Å². The van der Waals surface area contributed by atoms with Crippen LogP contribution in [0.15, 0.2) is 65.3 Å². The monoisotopic (exact) mass is 375 g/mol. The topological polar surface area (TPSA) is 118 Å². The van der Waals surface area contributed by atoms with Crippen molar-refractivity contribution in [2.75, 3.05) is 10.6 Å². The molecule has 0 radical (unpaired) electrons. The zero-order chi connectivity index (χ0) is 19.7. The van der Waals surface area contributed by atoms with Crippen molar-refractivity contribution in [3.8, 4) is 0 Å². The summed E-state index contributed by atoms with van der Waals surface area (Å²) in [6.45, 7) is 0. The molecule has 1 aliphatic rings. The number of carbonyl (C=O) groups excluding carboxylic acids is 4. The van der Waals surface area contributed by atoms with Gasteiger partial charge in [0.1, 0.15) is 0 Å². The van der Waals surface area contributed by atoms with Gasteiger partial charge in [0.05, 0.1) is 17.4 Å². The number of furan rings is 1. The predicted molar refractivity (Wildman–Crippen MR) is 99.3 cm³/mol. The van der Waals surface area contributed by atoms with Crippen LogP contribution in [0.25, 0.3) is 0 Å². The van der Waals surface area contributed by atoms with Crippen LogP contribution in [0, 0.1) is 0 Å². The average molecular weight is 375 g/mol. The van der Waals surface area contributed by atoms with Crippen LogP contribution < -0.4 is 16.0 Å². The van der Waals surface area contributed by atoms with Crippen LogP contribution >= 0.6 is 0 Å². The summed E-state index contributed by atoms with van der Waals surface area (Å²) in [7, 11) is 0. The van der Waals surface area contributed by atoms with Gasteiger partial charge in [0, 0.05) is 16.9 Å². The van der Waals surface area contributed by atoms with Crippen LogP contribution in [0.2, 0.25) is 0 Å². The fraction of sp³-hybridized carbons (Fsp3) is 0. The highest BCUT2D eigenvalue weighted by Crippen LogP contribution is 2.21. The standard InChI is InChI=1S/C20H13N3O5/c24-17(21-13-6-7-14-15(10-13)19(26)23-18(14)25)11-3-1-4-12(9-11)22-20(27)16-5-2-8-28-16/h1-10H,(H,21,24)(H,22,27)(H,23,25,26). The first kappa shape index (κ1) is 17.2. The van der Waals surface area contributed by atoms with E-state index in [2.05, 4.69) is 16.0 Å². The van der Waals surface area contributed by atoms with Gasteiger partial charge in [0.2, 0.25) is 0 Å². The Balaban J connectivity index is 1.50. The zero-order valence-electron chi connectivity index (χ0n) is 14.3. The molecule has 2 aromatic carbocycles. The molecule has 3 N–H and O–H groups in total. The maximum absolute atomic E-state index is 12.5. The van der Waals surface area contributed by atoms with Gasteiger partial charge in [-0.05, 0) is 48.5 Å². The zero-order valence-corrected chi connectivity index (χ0v) is 14.3. The van der Waals surface area contributed by atoms with Crippen molar-refractivity contribution in [3.05, 3.63) is 83.3 Å². The second-order valence-corrected chi connectivity index (χ2v) is 6.01. The molecule has 1 aromatic heterocycles. The number of imide groups is 1. The number of rotatable bonds is 4. The lowest BCUT2D eigenvalue weighted by Crippen LogP contribution is -2.19. The number of hydrogen-bond donors (Lipinski definition) is 3. The normalized spacial score (nSPS) is 12.3. The Kier molecular flexibility index (Phi) is 4.21. The van der Waals surface area contributed by atoms with Crippen molar-refractivity contribution in [1.29, 1.82) is 0 Å². The first-order valence-electron chi connectivity index (χ1n) is 8.27. The van der Waals surface area contributed by atoms with Gasteiger partial charge in [0.15, 0.2) is 5.76 Å². The molecule has 0 saturated heterocycles. The lowest BCUT2D eigenvalue weighted by Gasteiger charge is -2.08. The maximum atomic E-state index is 12.5. The Labute approximate surface area is 158 Å². The van der Waals surface area contributed by atoms with Gasteiger partial charge in [-0.1, -0.05) is 6.07 Å². The van der Waals surface area contributed by atoms with Gasteiger partial charge in [-0.15, -0.1) is 0 Å². The van der Waals surface area contributed by atoms with E-state index in [1.165, 1.54) is 36.6 Å². The van der Waals surface area contributed by atoms with Crippen molar-refractivity contribution in [1.82, 2.24) is 5.32 Å². The third-order valence-corrected chi connectivity index (χ3v) is 4.12. The average Bonchev–Trinajstić information content (AvgIpc) is 3.31. The highest BCUT2D eigenvalue weighted by Gasteiger charge is 2.26. The molecule has 0 aliphatic carbocycles. The summed E-state index contributed by atoms with van der Waals surface area (Å²) in [5.41, 5.74) is 1.58. The Bertz CT molecular complexity index is 1120. The van der Waals surface area contributed by atoms with Crippen LogP contribution in [0.4, 0.5) is 11.4 Å². The molecule has 0 bridgehead atoms. The summed E-state index contributed by atoms with van der Waals surface area (Å²) in [5, 5.41) is 7.51. The van der Waals surface area contributed by atoms with Crippen LogP contribution in [-0.4, -0.2) is 23.6 Å². The van der Waals surface area contributed by atoms with E-state index in [-0.39, 0.29) is 16.9 Å². The lowest BCUT2D eigenvalue weighted by atomic mass is 10.1. The maximum Gasteiger partial charge on any atom is 0.291 e. The number of fused-ring (bicyclic) bond motifs is 1. The Morgan fingerprint density at radius 1 is 0.786 bits per heavy atom. The first-order chi connectivity index (χ1) is 13.5. The fourth-order valence-electron chi connectivity index (χ4n) is 2.79. The molecule has 0 spiro atoms. The van der Waals surface area contributed by atoms with Crippen LogP contribution in [0.5, 0.6) is 0 Å². The van der Waals surface area contributed by atoms with Gasteiger partial charge in [-0.2, -0.15) is 0 Å². The number of carbonyl (C=O) groups is 4. The molecule has 4 amide bonds. The molecule has 8 heteroatoms. The lowest BCUT2D eigenvalue weighted by molar-refractivity contribution is 0.0877. The summed E-state index contributed by atoms with van der Waals surface area (Å²) < 4.78 is 5.03. The third-order valence-electron chi connectivity index (χ3n) is 4.12. The van der Waals surface area contributed by atoms with Gasteiger partial charge < -0.3 is 15.1 Å². The molecule has 3 aromatic rings. The second kappa shape index (κ2) is 6.84. The van der Waals surface area contributed by atoms with Crippen molar-refractivity contribution >= 4 is 35.0 Å².